The summed E-state index contributed by atoms with van der Waals surface area (Å²) in [4.78, 5) is 27.9. The summed E-state index contributed by atoms with van der Waals surface area (Å²) in [6.45, 7) is 6.64. The normalized spacial score (nSPS) is 12.8. The van der Waals surface area contributed by atoms with Crippen LogP contribution in [0, 0.1) is 0 Å². The predicted molar refractivity (Wildman–Crippen MR) is 141 cm³/mol. The van der Waals surface area contributed by atoms with Crippen LogP contribution < -0.4 is 9.62 Å². The number of carbonyl (C=O) groups excluding carboxylic acids is 2. The number of hydrogen-bond donors (Lipinski definition) is 1. The Labute approximate surface area is 218 Å². The molecule has 2 aromatic rings. The van der Waals surface area contributed by atoms with Gasteiger partial charge in [-0.3, -0.25) is 9.59 Å². The highest BCUT2D eigenvalue weighted by Crippen LogP contribution is 2.25. The molecule has 1 atom stereocenters. The van der Waals surface area contributed by atoms with Gasteiger partial charge >= 0.3 is 10.2 Å². The van der Waals surface area contributed by atoms with Gasteiger partial charge in [0.1, 0.15) is 12.6 Å². The predicted octanol–water partition coefficient (Wildman–Crippen LogP) is 3.94. The first-order valence-corrected chi connectivity index (χ1v) is 13.1. The number of nitrogens with one attached hydrogen (secondary N) is 1. The van der Waals surface area contributed by atoms with Gasteiger partial charge in [-0.1, -0.05) is 47.5 Å². The molecule has 0 saturated carbocycles. The second-order valence-corrected chi connectivity index (χ2v) is 12.2. The highest BCUT2D eigenvalue weighted by Gasteiger charge is 2.33. The number of benzene rings is 2. The minimum atomic E-state index is -4.00. The van der Waals surface area contributed by atoms with Gasteiger partial charge in [-0.15, -0.1) is 0 Å². The second-order valence-electron chi connectivity index (χ2n) is 9.32. The van der Waals surface area contributed by atoms with Crippen LogP contribution in [0.15, 0.2) is 48.5 Å². The lowest BCUT2D eigenvalue weighted by molar-refractivity contribution is -0.140. The van der Waals surface area contributed by atoms with Gasteiger partial charge in [0.2, 0.25) is 11.8 Å². The van der Waals surface area contributed by atoms with E-state index < -0.39 is 34.2 Å². The summed E-state index contributed by atoms with van der Waals surface area (Å²) < 4.78 is 28.2. The van der Waals surface area contributed by atoms with Crippen LogP contribution in [0.4, 0.5) is 5.69 Å². The SMILES string of the molecule is C[C@H](C(=O)NC(C)(C)C)N(Cc1ccc(Cl)c(Cl)c1)C(=O)CN(c1ccccc1)S(=O)(=O)N(C)C. The van der Waals surface area contributed by atoms with Crippen LogP contribution in [0.5, 0.6) is 0 Å². The Bertz CT molecular complexity index is 1150. The van der Waals surface area contributed by atoms with Crippen molar-refractivity contribution in [3.05, 3.63) is 64.1 Å². The van der Waals surface area contributed by atoms with E-state index >= 15 is 0 Å². The lowest BCUT2D eigenvalue weighted by Gasteiger charge is -2.34. The Balaban J connectivity index is 2.46. The van der Waals surface area contributed by atoms with Crippen LogP contribution in [0.3, 0.4) is 0 Å². The maximum absolute atomic E-state index is 13.6. The van der Waals surface area contributed by atoms with E-state index in [1.54, 1.807) is 55.5 Å². The number of nitrogens with zero attached hydrogens (tertiary/aromatic N) is 3. The molecule has 192 valence electrons. The third kappa shape index (κ3) is 7.83. The zero-order chi connectivity index (χ0) is 26.6. The molecule has 2 amide bonds. The average Bonchev–Trinajstić information content (AvgIpc) is 2.76. The number of hydrogen-bond acceptors (Lipinski definition) is 4. The summed E-state index contributed by atoms with van der Waals surface area (Å²) in [6, 6.07) is 12.4. The molecule has 2 rings (SSSR count). The van der Waals surface area contributed by atoms with Crippen LogP contribution in [-0.4, -0.2) is 61.7 Å². The molecule has 0 aliphatic heterocycles. The molecular weight excluding hydrogens is 511 g/mol. The minimum Gasteiger partial charge on any atom is -0.350 e. The van der Waals surface area contributed by atoms with Crippen molar-refractivity contribution in [2.45, 2.75) is 45.8 Å². The maximum atomic E-state index is 13.6. The standard InChI is InChI=1S/C24H32Cl2N4O4S/c1-17(23(32)27-24(2,3)4)29(15-18-12-13-20(25)21(26)14-18)22(31)16-30(35(33,34)28(5)6)19-10-8-7-9-11-19/h7-14,17H,15-16H2,1-6H3,(H,27,32)/t17-/m1/s1. The van der Waals surface area contributed by atoms with E-state index in [2.05, 4.69) is 5.32 Å². The third-order valence-electron chi connectivity index (χ3n) is 5.07. The van der Waals surface area contributed by atoms with Crippen molar-refractivity contribution in [3.8, 4) is 0 Å². The molecule has 0 aliphatic rings. The van der Waals surface area contributed by atoms with E-state index in [0.29, 0.717) is 21.3 Å². The zero-order valence-electron chi connectivity index (χ0n) is 20.7. The van der Waals surface area contributed by atoms with Crippen LogP contribution in [0.2, 0.25) is 10.0 Å². The summed E-state index contributed by atoms with van der Waals surface area (Å²) >= 11 is 12.2. The van der Waals surface area contributed by atoms with Crippen molar-refractivity contribution in [1.82, 2.24) is 14.5 Å². The lowest BCUT2D eigenvalue weighted by atomic mass is 10.1. The molecule has 11 heteroatoms. The fourth-order valence-electron chi connectivity index (χ4n) is 3.20. The van der Waals surface area contributed by atoms with Gasteiger partial charge in [0.15, 0.2) is 0 Å². The van der Waals surface area contributed by atoms with Gasteiger partial charge in [0.25, 0.3) is 0 Å². The maximum Gasteiger partial charge on any atom is 0.304 e. The van der Waals surface area contributed by atoms with Crippen molar-refractivity contribution < 1.29 is 18.0 Å². The molecule has 35 heavy (non-hydrogen) atoms. The highest BCUT2D eigenvalue weighted by atomic mass is 35.5. The van der Waals surface area contributed by atoms with Crippen LogP contribution in [-0.2, 0) is 26.3 Å². The molecular formula is C24H32Cl2N4O4S. The Morgan fingerprint density at radius 2 is 1.60 bits per heavy atom. The van der Waals surface area contributed by atoms with Gasteiger partial charge in [-0.2, -0.15) is 12.7 Å². The van der Waals surface area contributed by atoms with E-state index in [4.69, 9.17) is 23.2 Å². The zero-order valence-corrected chi connectivity index (χ0v) is 23.1. The molecule has 0 aromatic heterocycles. The number of halogens is 2. The number of anilines is 1. The van der Waals surface area contributed by atoms with E-state index in [1.165, 1.54) is 19.0 Å². The smallest absolute Gasteiger partial charge is 0.304 e. The largest absolute Gasteiger partial charge is 0.350 e. The first kappa shape index (κ1) is 28.9. The van der Waals surface area contributed by atoms with Gasteiger partial charge in [-0.05, 0) is 57.5 Å². The average molecular weight is 544 g/mol. The fraction of sp³-hybridized carbons (Fsp3) is 0.417. The van der Waals surface area contributed by atoms with Crippen molar-refractivity contribution in [3.63, 3.8) is 0 Å². The molecule has 0 bridgehead atoms. The second kappa shape index (κ2) is 11.6. The molecule has 0 radical (unpaired) electrons. The molecule has 0 spiro atoms. The van der Waals surface area contributed by atoms with Crippen LogP contribution in [0.1, 0.15) is 33.3 Å². The van der Waals surface area contributed by atoms with E-state index in [0.717, 1.165) is 8.61 Å². The summed E-state index contributed by atoms with van der Waals surface area (Å²) in [6.07, 6.45) is 0. The number of amides is 2. The van der Waals surface area contributed by atoms with Crippen molar-refractivity contribution in [1.29, 1.82) is 0 Å². The highest BCUT2D eigenvalue weighted by molar-refractivity contribution is 7.90. The molecule has 0 unspecified atom stereocenters. The van der Waals surface area contributed by atoms with E-state index in [9.17, 15) is 18.0 Å². The topological polar surface area (TPSA) is 90.0 Å². The lowest BCUT2D eigenvalue weighted by Crippen LogP contribution is -2.54. The number of rotatable bonds is 9. The van der Waals surface area contributed by atoms with Gasteiger partial charge in [-0.25, -0.2) is 4.31 Å². The summed E-state index contributed by atoms with van der Waals surface area (Å²) in [5, 5.41) is 3.54. The molecule has 0 fully saturated rings. The Kier molecular flexibility index (Phi) is 9.58. The van der Waals surface area contributed by atoms with E-state index in [1.807, 2.05) is 20.8 Å². The molecule has 0 saturated heterocycles. The number of carbonyl (C=O) groups is 2. The van der Waals surface area contributed by atoms with E-state index in [-0.39, 0.29) is 12.5 Å². The minimum absolute atomic E-state index is 0.0269. The molecule has 0 aliphatic carbocycles. The molecule has 1 N–H and O–H groups in total. The Hall–Kier alpha value is -2.33. The van der Waals surface area contributed by atoms with Crippen molar-refractivity contribution in [2.75, 3.05) is 24.9 Å². The molecule has 0 heterocycles. The van der Waals surface area contributed by atoms with Crippen LogP contribution in [0.25, 0.3) is 0 Å². The quantitative estimate of drug-likeness (QED) is 0.519. The number of para-hydroxylation sites is 1. The molecule has 8 nitrogen and oxygen atoms in total. The summed E-state index contributed by atoms with van der Waals surface area (Å²) in [5.41, 5.74) is 0.453. The summed E-state index contributed by atoms with van der Waals surface area (Å²) in [7, 11) is -1.22. The Morgan fingerprint density at radius 3 is 2.11 bits per heavy atom. The Morgan fingerprint density at radius 1 is 1.00 bits per heavy atom. The first-order valence-electron chi connectivity index (χ1n) is 10.9. The van der Waals surface area contributed by atoms with Crippen LogP contribution >= 0.6 is 23.2 Å². The van der Waals surface area contributed by atoms with Gasteiger partial charge in [0.05, 0.1) is 15.7 Å². The fourth-order valence-corrected chi connectivity index (χ4v) is 4.58. The van der Waals surface area contributed by atoms with Crippen molar-refractivity contribution in [2.24, 2.45) is 0 Å². The van der Waals surface area contributed by atoms with Gasteiger partial charge < -0.3 is 10.2 Å². The monoisotopic (exact) mass is 542 g/mol. The van der Waals surface area contributed by atoms with Crippen molar-refractivity contribution >= 4 is 50.9 Å². The molecule has 2 aromatic carbocycles. The summed E-state index contributed by atoms with van der Waals surface area (Å²) in [5.74, 6) is -0.922. The third-order valence-corrected chi connectivity index (χ3v) is 7.62. The van der Waals surface area contributed by atoms with Gasteiger partial charge in [0, 0.05) is 26.2 Å². The first-order chi connectivity index (χ1) is 16.1.